The van der Waals surface area contributed by atoms with E-state index in [2.05, 4.69) is 0 Å². The summed E-state index contributed by atoms with van der Waals surface area (Å²) in [6.07, 6.45) is 0.241. The average molecular weight is 323 g/mol. The lowest BCUT2D eigenvalue weighted by Gasteiger charge is -2.36. The second-order valence-corrected chi connectivity index (χ2v) is 5.88. The van der Waals surface area contributed by atoms with Gasteiger partial charge in [0.2, 0.25) is 0 Å². The molecule has 124 valence electrons. The summed E-state index contributed by atoms with van der Waals surface area (Å²) in [5.74, 6) is -0.387. The molecule has 2 aliphatic rings. The van der Waals surface area contributed by atoms with Crippen molar-refractivity contribution >= 4 is 12.1 Å². The lowest BCUT2D eigenvalue weighted by molar-refractivity contribution is 0.00249. The van der Waals surface area contributed by atoms with Gasteiger partial charge in [-0.3, -0.25) is 18.7 Å². The van der Waals surface area contributed by atoms with Gasteiger partial charge in [0.15, 0.2) is 5.60 Å². The summed E-state index contributed by atoms with van der Waals surface area (Å²) in [4.78, 5) is 48.9. The smallest absolute Gasteiger partial charge is 0.430 e. The van der Waals surface area contributed by atoms with Crippen molar-refractivity contribution in [3.63, 3.8) is 0 Å². The Bertz CT molecular complexity index is 785. The van der Waals surface area contributed by atoms with E-state index >= 15 is 0 Å². The molecule has 0 bridgehead atoms. The quantitative estimate of drug-likeness (QED) is 0.629. The minimum absolute atomic E-state index is 0.0497. The maximum atomic E-state index is 12.6. The lowest BCUT2D eigenvalue weighted by atomic mass is 9.92. The summed E-state index contributed by atoms with van der Waals surface area (Å²) in [7, 11) is 2.81. The van der Waals surface area contributed by atoms with Crippen LogP contribution < -0.4 is 11.2 Å². The molecule has 1 aromatic heterocycles. The van der Waals surface area contributed by atoms with Gasteiger partial charge in [-0.25, -0.2) is 9.59 Å². The molecule has 0 aliphatic carbocycles. The van der Waals surface area contributed by atoms with Gasteiger partial charge in [-0.15, -0.1) is 0 Å². The molecule has 0 atom stereocenters. The van der Waals surface area contributed by atoms with Crippen LogP contribution in [0.2, 0.25) is 0 Å². The van der Waals surface area contributed by atoms with Crippen molar-refractivity contribution in [2.75, 3.05) is 19.7 Å². The van der Waals surface area contributed by atoms with Crippen LogP contribution in [0.25, 0.3) is 0 Å². The molecule has 0 aromatic carbocycles. The number of likely N-dealkylation sites (tertiary alicyclic amines) is 1. The summed E-state index contributed by atoms with van der Waals surface area (Å²) >= 11 is 0. The fourth-order valence-electron chi connectivity index (χ4n) is 2.89. The van der Waals surface area contributed by atoms with E-state index in [1.807, 2.05) is 0 Å². The van der Waals surface area contributed by atoms with E-state index in [1.165, 1.54) is 14.1 Å². The molecule has 9 heteroatoms. The minimum atomic E-state index is -0.682. The summed E-state index contributed by atoms with van der Waals surface area (Å²) in [6, 6.07) is 1.16. The van der Waals surface area contributed by atoms with Crippen LogP contribution in [0.4, 0.5) is 4.79 Å². The number of cyclic esters (lactones) is 1. The van der Waals surface area contributed by atoms with E-state index in [4.69, 9.17) is 9.47 Å². The van der Waals surface area contributed by atoms with Gasteiger partial charge in [0.1, 0.15) is 12.3 Å². The summed E-state index contributed by atoms with van der Waals surface area (Å²) < 4.78 is 12.1. The van der Waals surface area contributed by atoms with Gasteiger partial charge >= 0.3 is 11.8 Å². The molecule has 3 rings (SSSR count). The maximum Gasteiger partial charge on any atom is 0.509 e. The minimum Gasteiger partial charge on any atom is -0.430 e. The number of aromatic nitrogens is 2. The van der Waals surface area contributed by atoms with E-state index in [-0.39, 0.29) is 18.2 Å². The van der Waals surface area contributed by atoms with Gasteiger partial charge in [0.25, 0.3) is 11.5 Å². The highest BCUT2D eigenvalue weighted by Gasteiger charge is 2.45. The Morgan fingerprint density at radius 1 is 1.13 bits per heavy atom. The zero-order valence-electron chi connectivity index (χ0n) is 12.9. The Kier molecular flexibility index (Phi) is 3.50. The van der Waals surface area contributed by atoms with Gasteiger partial charge in [-0.1, -0.05) is 0 Å². The standard InChI is InChI=1S/C14H17N3O6/c1-15-9(7-10(18)16(2)12(15)20)11(19)17-5-3-14(4-6-17)8-22-13(21)23-14/h7H,3-6,8H2,1-2H3. The van der Waals surface area contributed by atoms with E-state index in [9.17, 15) is 19.2 Å². The molecule has 0 radical (unpaired) electrons. The van der Waals surface area contributed by atoms with Crippen molar-refractivity contribution in [3.05, 3.63) is 32.6 Å². The van der Waals surface area contributed by atoms with Crippen LogP contribution in [0.5, 0.6) is 0 Å². The van der Waals surface area contributed by atoms with Gasteiger partial charge < -0.3 is 14.4 Å². The number of piperidine rings is 1. The van der Waals surface area contributed by atoms with Gasteiger partial charge in [0, 0.05) is 46.1 Å². The third-order valence-corrected chi connectivity index (χ3v) is 4.46. The molecule has 23 heavy (non-hydrogen) atoms. The predicted molar refractivity (Wildman–Crippen MR) is 77.2 cm³/mol. The number of nitrogens with zero attached hydrogens (tertiary/aromatic N) is 3. The molecule has 1 spiro atoms. The van der Waals surface area contributed by atoms with E-state index < -0.39 is 23.0 Å². The molecule has 0 unspecified atom stereocenters. The Balaban J connectivity index is 1.80. The Hall–Kier alpha value is -2.58. The van der Waals surface area contributed by atoms with E-state index in [1.54, 1.807) is 4.90 Å². The van der Waals surface area contributed by atoms with Crippen molar-refractivity contribution in [1.82, 2.24) is 14.0 Å². The summed E-state index contributed by atoms with van der Waals surface area (Å²) in [5.41, 5.74) is -1.68. The highest BCUT2D eigenvalue weighted by atomic mass is 16.8. The summed E-state index contributed by atoms with van der Waals surface area (Å²) in [6.45, 7) is 0.913. The molecule has 2 saturated heterocycles. The van der Waals surface area contributed by atoms with Crippen LogP contribution in [0.15, 0.2) is 15.7 Å². The third-order valence-electron chi connectivity index (χ3n) is 4.46. The zero-order valence-corrected chi connectivity index (χ0v) is 12.9. The molecular weight excluding hydrogens is 306 g/mol. The third kappa shape index (κ3) is 2.51. The second kappa shape index (κ2) is 5.25. The Morgan fingerprint density at radius 3 is 2.35 bits per heavy atom. The van der Waals surface area contributed by atoms with Crippen LogP contribution in [-0.2, 0) is 23.6 Å². The monoisotopic (exact) mass is 323 g/mol. The fourth-order valence-corrected chi connectivity index (χ4v) is 2.89. The number of carbonyl (C=O) groups excluding carboxylic acids is 2. The Labute approximate surface area is 131 Å². The molecule has 2 fully saturated rings. The highest BCUT2D eigenvalue weighted by molar-refractivity contribution is 5.92. The van der Waals surface area contributed by atoms with Crippen LogP contribution in [0.1, 0.15) is 23.3 Å². The number of rotatable bonds is 1. The molecule has 9 nitrogen and oxygen atoms in total. The molecular formula is C14H17N3O6. The number of amides is 1. The summed E-state index contributed by atoms with van der Waals surface area (Å²) in [5, 5.41) is 0. The van der Waals surface area contributed by atoms with Crippen molar-refractivity contribution in [2.24, 2.45) is 14.1 Å². The normalized spacial score (nSPS) is 19.6. The molecule has 0 saturated carbocycles. The van der Waals surface area contributed by atoms with E-state index in [0.717, 1.165) is 15.2 Å². The largest absolute Gasteiger partial charge is 0.509 e. The van der Waals surface area contributed by atoms with Crippen molar-refractivity contribution in [2.45, 2.75) is 18.4 Å². The first-order valence-corrected chi connectivity index (χ1v) is 7.25. The van der Waals surface area contributed by atoms with Crippen LogP contribution in [0.3, 0.4) is 0 Å². The van der Waals surface area contributed by atoms with Gasteiger partial charge in [0.05, 0.1) is 0 Å². The zero-order chi connectivity index (χ0) is 16.8. The number of carbonyl (C=O) groups is 2. The van der Waals surface area contributed by atoms with Gasteiger partial charge in [-0.05, 0) is 0 Å². The first-order valence-electron chi connectivity index (χ1n) is 7.25. The maximum absolute atomic E-state index is 12.6. The lowest BCUT2D eigenvalue weighted by Crippen LogP contribution is -2.49. The number of hydrogen-bond acceptors (Lipinski definition) is 6. The topological polar surface area (TPSA) is 99.8 Å². The number of hydrogen-bond donors (Lipinski definition) is 0. The predicted octanol–water partition coefficient (Wildman–Crippen LogP) is -0.774. The Morgan fingerprint density at radius 2 is 1.78 bits per heavy atom. The SMILES string of the molecule is Cn1c(C(=O)N2CCC3(CC2)COC(=O)O3)cc(=O)n(C)c1=O. The molecule has 2 aliphatic heterocycles. The average Bonchev–Trinajstić information content (AvgIpc) is 2.89. The van der Waals surface area contributed by atoms with Crippen molar-refractivity contribution < 1.29 is 19.1 Å². The van der Waals surface area contributed by atoms with Gasteiger partial charge in [-0.2, -0.15) is 0 Å². The van der Waals surface area contributed by atoms with Crippen LogP contribution in [-0.4, -0.2) is 51.4 Å². The first-order chi connectivity index (χ1) is 10.8. The fraction of sp³-hybridized carbons (Fsp3) is 0.571. The van der Waals surface area contributed by atoms with Crippen molar-refractivity contribution in [3.8, 4) is 0 Å². The van der Waals surface area contributed by atoms with Crippen LogP contribution in [0, 0.1) is 0 Å². The molecule has 3 heterocycles. The molecule has 0 N–H and O–H groups in total. The number of ether oxygens (including phenoxy) is 2. The highest BCUT2D eigenvalue weighted by Crippen LogP contribution is 2.31. The molecule has 1 amide bonds. The van der Waals surface area contributed by atoms with Crippen LogP contribution >= 0.6 is 0 Å². The first kappa shape index (κ1) is 15.3. The molecule has 1 aromatic rings. The van der Waals surface area contributed by atoms with Crippen molar-refractivity contribution in [1.29, 1.82) is 0 Å². The second-order valence-electron chi connectivity index (χ2n) is 5.88. The van der Waals surface area contributed by atoms with E-state index in [0.29, 0.717) is 25.9 Å².